The van der Waals surface area contributed by atoms with E-state index in [1.807, 2.05) is 5.32 Å². The number of amides is 2. The number of nitrogens with zero attached hydrogens (tertiary/aromatic N) is 4. The summed E-state index contributed by atoms with van der Waals surface area (Å²) >= 11 is 6.02. The number of hydrogen-bond acceptors (Lipinski definition) is 7. The van der Waals surface area contributed by atoms with E-state index >= 15 is 0 Å². The Balaban J connectivity index is 2.31. The van der Waals surface area contributed by atoms with Gasteiger partial charge in [-0.1, -0.05) is 16.7 Å². The highest BCUT2D eigenvalue weighted by Crippen LogP contribution is 2.36. The van der Waals surface area contributed by atoms with Crippen LogP contribution < -0.4 is 15.4 Å². The Morgan fingerprint density at radius 2 is 1.96 bits per heavy atom. The summed E-state index contributed by atoms with van der Waals surface area (Å²) in [6.45, 7) is -4.54. The summed E-state index contributed by atoms with van der Waals surface area (Å²) in [5, 5.41) is 14.0. The van der Waals surface area contributed by atoms with Crippen molar-refractivity contribution in [2.24, 2.45) is 7.05 Å². The lowest BCUT2D eigenvalue weighted by Crippen LogP contribution is -2.20. The van der Waals surface area contributed by atoms with Crippen LogP contribution in [-0.4, -0.2) is 51.9 Å². The lowest BCUT2D eigenvalue weighted by atomic mass is 10.1. The summed E-state index contributed by atoms with van der Waals surface area (Å²) in [6, 6.07) is 1.96. The molecule has 2 amide bonds. The van der Waals surface area contributed by atoms with Crippen LogP contribution in [0.4, 0.5) is 34.0 Å². The van der Waals surface area contributed by atoms with Gasteiger partial charge in [-0.05, 0) is 22.6 Å². The number of halogens is 5. The van der Waals surface area contributed by atoms with Gasteiger partial charge in [-0.2, -0.15) is 8.78 Å². The first-order chi connectivity index (χ1) is 13.2. The summed E-state index contributed by atoms with van der Waals surface area (Å²) in [4.78, 5) is 23.9. The van der Waals surface area contributed by atoms with Crippen molar-refractivity contribution < 1.29 is 36.6 Å². The first kappa shape index (κ1) is 21.1. The molecule has 0 aliphatic rings. The standard InChI is InChI=1S/C13H11ClF4N6O4/c1-24-12(21-22-23-24)20-10(25)5-2-3-6(28-11(17)18)9(8(5)14)19-13(26)27-4-7(15)16/h2-3,7,11H,4H2,1H3,(H,19,26)(H,20,21,23,25). The molecular formula is C13H11ClF4N6O4. The molecule has 0 radical (unpaired) electrons. The number of ether oxygens (including phenoxy) is 2. The molecule has 28 heavy (non-hydrogen) atoms. The van der Waals surface area contributed by atoms with Crippen LogP contribution in [0.1, 0.15) is 10.4 Å². The Morgan fingerprint density at radius 1 is 1.25 bits per heavy atom. The molecule has 2 rings (SSSR count). The molecule has 0 spiro atoms. The zero-order valence-corrected chi connectivity index (χ0v) is 14.6. The van der Waals surface area contributed by atoms with E-state index in [0.29, 0.717) is 0 Å². The van der Waals surface area contributed by atoms with Gasteiger partial charge in [0, 0.05) is 7.05 Å². The zero-order valence-electron chi connectivity index (χ0n) is 13.8. The maximum absolute atomic E-state index is 12.6. The number of aromatic nitrogens is 4. The number of carbonyl (C=O) groups excluding carboxylic acids is 2. The maximum atomic E-state index is 12.6. The second kappa shape index (κ2) is 9.16. The molecule has 1 aromatic heterocycles. The molecule has 2 aromatic rings. The molecule has 15 heteroatoms. The van der Waals surface area contributed by atoms with E-state index in [2.05, 4.69) is 30.3 Å². The molecule has 0 atom stereocenters. The van der Waals surface area contributed by atoms with Gasteiger partial charge < -0.3 is 9.47 Å². The minimum atomic E-state index is -3.29. The second-order valence-corrected chi connectivity index (χ2v) is 5.25. The predicted molar refractivity (Wildman–Crippen MR) is 85.8 cm³/mol. The Hall–Kier alpha value is -3.16. The third-order valence-electron chi connectivity index (χ3n) is 2.98. The molecule has 0 fully saturated rings. The van der Waals surface area contributed by atoms with E-state index < -0.39 is 48.1 Å². The number of alkyl halides is 4. The average molecular weight is 427 g/mol. The van der Waals surface area contributed by atoms with Crippen LogP contribution in [0, 0.1) is 0 Å². The molecule has 1 aromatic carbocycles. The highest BCUT2D eigenvalue weighted by Gasteiger charge is 2.23. The molecule has 0 bridgehead atoms. The number of anilines is 2. The number of aryl methyl sites for hydroxylation is 1. The van der Waals surface area contributed by atoms with Crippen molar-refractivity contribution in [3.63, 3.8) is 0 Å². The van der Waals surface area contributed by atoms with Crippen LogP contribution in [0.2, 0.25) is 5.02 Å². The Morgan fingerprint density at radius 3 is 2.54 bits per heavy atom. The minimum Gasteiger partial charge on any atom is -0.443 e. The van der Waals surface area contributed by atoms with E-state index in [0.717, 1.165) is 16.8 Å². The van der Waals surface area contributed by atoms with Gasteiger partial charge in [0.25, 0.3) is 12.3 Å². The van der Waals surface area contributed by atoms with E-state index in [4.69, 9.17) is 11.6 Å². The summed E-state index contributed by atoms with van der Waals surface area (Å²) in [5.41, 5.74) is -0.861. The summed E-state index contributed by atoms with van der Waals surface area (Å²) in [5.74, 6) is -1.53. The summed E-state index contributed by atoms with van der Waals surface area (Å²) in [7, 11) is 1.43. The summed E-state index contributed by atoms with van der Waals surface area (Å²) < 4.78 is 58.9. The van der Waals surface area contributed by atoms with Gasteiger partial charge in [-0.25, -0.2) is 18.3 Å². The quantitative estimate of drug-likeness (QED) is 0.653. The largest absolute Gasteiger partial charge is 0.443 e. The SMILES string of the molecule is Cn1nnnc1NC(=O)c1ccc(OC(F)F)c(NC(=O)OCC(F)F)c1Cl. The van der Waals surface area contributed by atoms with Crippen LogP contribution in [0.5, 0.6) is 5.75 Å². The van der Waals surface area contributed by atoms with E-state index in [1.54, 1.807) is 0 Å². The third-order valence-corrected chi connectivity index (χ3v) is 3.37. The Kier molecular flexibility index (Phi) is 6.92. The average Bonchev–Trinajstić information content (AvgIpc) is 3.00. The molecule has 0 aliphatic heterocycles. The fourth-order valence-electron chi connectivity index (χ4n) is 1.83. The molecular weight excluding hydrogens is 416 g/mol. The molecule has 0 aliphatic carbocycles. The van der Waals surface area contributed by atoms with Crippen molar-refractivity contribution >= 4 is 35.2 Å². The fraction of sp³-hybridized carbons (Fsp3) is 0.308. The predicted octanol–water partition coefficient (Wildman–Crippen LogP) is 2.53. The van der Waals surface area contributed by atoms with Crippen molar-refractivity contribution in [2.45, 2.75) is 13.0 Å². The van der Waals surface area contributed by atoms with Gasteiger partial charge in [0.15, 0.2) is 12.4 Å². The zero-order chi connectivity index (χ0) is 20.8. The number of nitrogens with one attached hydrogen (secondary N) is 2. The van der Waals surface area contributed by atoms with Crippen molar-refractivity contribution in [2.75, 3.05) is 17.2 Å². The maximum Gasteiger partial charge on any atom is 0.411 e. The monoisotopic (exact) mass is 426 g/mol. The van der Waals surface area contributed by atoms with Crippen molar-refractivity contribution in [3.8, 4) is 5.75 Å². The molecule has 10 nitrogen and oxygen atoms in total. The van der Waals surface area contributed by atoms with Gasteiger partial charge in [0.1, 0.15) is 5.69 Å². The molecule has 0 unspecified atom stereocenters. The topological polar surface area (TPSA) is 120 Å². The van der Waals surface area contributed by atoms with E-state index in [1.165, 1.54) is 7.05 Å². The van der Waals surface area contributed by atoms with Crippen molar-refractivity contribution in [1.29, 1.82) is 0 Å². The van der Waals surface area contributed by atoms with Crippen LogP contribution >= 0.6 is 11.6 Å². The minimum absolute atomic E-state index is 0.0557. The van der Waals surface area contributed by atoms with Crippen LogP contribution in [-0.2, 0) is 11.8 Å². The highest BCUT2D eigenvalue weighted by molar-refractivity contribution is 6.37. The van der Waals surface area contributed by atoms with Gasteiger partial charge >= 0.3 is 12.7 Å². The van der Waals surface area contributed by atoms with Gasteiger partial charge in [-0.15, -0.1) is 0 Å². The first-order valence-electron chi connectivity index (χ1n) is 7.22. The first-order valence-corrected chi connectivity index (χ1v) is 7.59. The lowest BCUT2D eigenvalue weighted by Gasteiger charge is -2.16. The Labute approximate surface area is 158 Å². The van der Waals surface area contributed by atoms with Crippen LogP contribution in [0.15, 0.2) is 12.1 Å². The Bertz CT molecular complexity index is 866. The normalized spacial score (nSPS) is 10.9. The number of hydrogen-bond donors (Lipinski definition) is 2. The number of benzene rings is 1. The molecule has 2 N–H and O–H groups in total. The second-order valence-electron chi connectivity index (χ2n) is 4.87. The van der Waals surface area contributed by atoms with Gasteiger partial charge in [-0.3, -0.25) is 15.4 Å². The summed E-state index contributed by atoms with van der Waals surface area (Å²) in [6.07, 6.45) is -4.37. The lowest BCUT2D eigenvalue weighted by molar-refractivity contribution is -0.0493. The molecule has 0 saturated carbocycles. The fourth-order valence-corrected chi connectivity index (χ4v) is 2.11. The van der Waals surface area contributed by atoms with Gasteiger partial charge in [0.2, 0.25) is 5.95 Å². The van der Waals surface area contributed by atoms with Crippen LogP contribution in [0.3, 0.4) is 0 Å². The van der Waals surface area contributed by atoms with Crippen molar-refractivity contribution in [3.05, 3.63) is 22.7 Å². The number of rotatable bonds is 7. The van der Waals surface area contributed by atoms with E-state index in [-0.39, 0.29) is 11.5 Å². The molecule has 152 valence electrons. The molecule has 0 saturated heterocycles. The number of carbonyl (C=O) groups is 2. The molecule has 1 heterocycles. The van der Waals surface area contributed by atoms with Gasteiger partial charge in [0.05, 0.1) is 10.6 Å². The smallest absolute Gasteiger partial charge is 0.411 e. The third kappa shape index (κ3) is 5.42. The highest BCUT2D eigenvalue weighted by atomic mass is 35.5. The number of tetrazole rings is 1. The van der Waals surface area contributed by atoms with Crippen LogP contribution in [0.25, 0.3) is 0 Å². The van der Waals surface area contributed by atoms with Crippen molar-refractivity contribution in [1.82, 2.24) is 20.2 Å². The van der Waals surface area contributed by atoms with E-state index in [9.17, 15) is 27.2 Å².